The zero-order valence-corrected chi connectivity index (χ0v) is 10.7. The molecule has 1 N–H and O–H groups in total. The van der Waals surface area contributed by atoms with E-state index in [1.54, 1.807) is 6.07 Å². The van der Waals surface area contributed by atoms with Gasteiger partial charge in [0.1, 0.15) is 6.10 Å². The Morgan fingerprint density at radius 2 is 1.85 bits per heavy atom. The van der Waals surface area contributed by atoms with Gasteiger partial charge in [0.2, 0.25) is 5.43 Å². The Balaban J connectivity index is 1.88. The molecular formula is C17H13NO2. The van der Waals surface area contributed by atoms with Gasteiger partial charge in [0.05, 0.1) is 11.6 Å². The molecule has 1 aromatic carbocycles. The quantitative estimate of drug-likeness (QED) is 0.859. The van der Waals surface area contributed by atoms with Crippen molar-refractivity contribution in [2.75, 3.05) is 0 Å². The Hall–Kier alpha value is -2.55. The highest BCUT2D eigenvalue weighted by Crippen LogP contribution is 2.38. The molecule has 0 saturated carbocycles. The van der Waals surface area contributed by atoms with E-state index in [1.165, 1.54) is 0 Å². The van der Waals surface area contributed by atoms with Crippen LogP contribution in [-0.4, -0.2) is 11.1 Å². The van der Waals surface area contributed by atoms with Crippen molar-refractivity contribution in [2.24, 2.45) is 0 Å². The molecule has 2 aromatic rings. The topological polar surface area (TPSA) is 42.1 Å². The van der Waals surface area contributed by atoms with Gasteiger partial charge >= 0.3 is 0 Å². The lowest BCUT2D eigenvalue weighted by molar-refractivity contribution is 0.267. The van der Waals surface area contributed by atoms with Gasteiger partial charge in [0.25, 0.3) is 0 Å². The Morgan fingerprint density at radius 1 is 1.05 bits per heavy atom. The Labute approximate surface area is 116 Å². The van der Waals surface area contributed by atoms with E-state index < -0.39 is 0 Å². The van der Waals surface area contributed by atoms with Crippen LogP contribution in [0.15, 0.2) is 65.5 Å². The SMILES string of the molecule is O=c1cc(-c2ccccc2)[nH]c2c1OC1C=CC=CC21. The minimum Gasteiger partial charge on any atom is -0.479 e. The number of fused-ring (bicyclic) bond motifs is 3. The maximum atomic E-state index is 12.3. The minimum atomic E-state index is -0.0648. The lowest BCUT2D eigenvalue weighted by atomic mass is 9.95. The molecule has 0 radical (unpaired) electrons. The molecule has 1 aliphatic carbocycles. The third-order valence-corrected chi connectivity index (χ3v) is 3.77. The molecule has 20 heavy (non-hydrogen) atoms. The third-order valence-electron chi connectivity index (χ3n) is 3.77. The number of pyridine rings is 1. The summed E-state index contributed by atoms with van der Waals surface area (Å²) >= 11 is 0. The number of nitrogens with one attached hydrogen (secondary N) is 1. The highest BCUT2D eigenvalue weighted by atomic mass is 16.5. The molecule has 4 rings (SSSR count). The molecule has 2 heterocycles. The smallest absolute Gasteiger partial charge is 0.224 e. The van der Waals surface area contributed by atoms with Gasteiger partial charge in [-0.05, 0) is 11.6 Å². The Bertz CT molecular complexity index is 771. The van der Waals surface area contributed by atoms with Crippen LogP contribution < -0.4 is 10.2 Å². The number of H-pyrrole nitrogens is 1. The first kappa shape index (κ1) is 11.3. The lowest BCUT2D eigenvalue weighted by Gasteiger charge is -2.13. The van der Waals surface area contributed by atoms with Crippen LogP contribution in [0.3, 0.4) is 0 Å². The van der Waals surface area contributed by atoms with Crippen molar-refractivity contribution in [3.05, 3.63) is 76.6 Å². The van der Waals surface area contributed by atoms with Gasteiger partial charge in [0, 0.05) is 11.8 Å². The van der Waals surface area contributed by atoms with Crippen LogP contribution >= 0.6 is 0 Å². The number of hydrogen-bond acceptors (Lipinski definition) is 2. The highest BCUT2D eigenvalue weighted by molar-refractivity contribution is 5.61. The maximum Gasteiger partial charge on any atom is 0.224 e. The number of hydrogen-bond donors (Lipinski definition) is 1. The molecule has 3 nitrogen and oxygen atoms in total. The summed E-state index contributed by atoms with van der Waals surface area (Å²) in [6.45, 7) is 0. The highest BCUT2D eigenvalue weighted by Gasteiger charge is 2.34. The van der Waals surface area contributed by atoms with Crippen LogP contribution in [0, 0.1) is 0 Å². The van der Waals surface area contributed by atoms with Gasteiger partial charge in [-0.15, -0.1) is 0 Å². The molecule has 2 unspecified atom stereocenters. The monoisotopic (exact) mass is 263 g/mol. The van der Waals surface area contributed by atoms with Gasteiger partial charge in [-0.25, -0.2) is 0 Å². The van der Waals surface area contributed by atoms with E-state index in [0.717, 1.165) is 17.0 Å². The average Bonchev–Trinajstić information content (AvgIpc) is 2.88. The van der Waals surface area contributed by atoms with E-state index in [-0.39, 0.29) is 17.5 Å². The van der Waals surface area contributed by atoms with E-state index in [4.69, 9.17) is 4.74 Å². The summed E-state index contributed by atoms with van der Waals surface area (Å²) in [5, 5.41) is 0. The molecule has 1 aliphatic heterocycles. The van der Waals surface area contributed by atoms with Gasteiger partial charge in [-0.2, -0.15) is 0 Å². The van der Waals surface area contributed by atoms with Crippen LogP contribution in [0.2, 0.25) is 0 Å². The van der Waals surface area contributed by atoms with Crippen LogP contribution in [-0.2, 0) is 0 Å². The predicted molar refractivity (Wildman–Crippen MR) is 77.9 cm³/mol. The zero-order valence-electron chi connectivity index (χ0n) is 10.7. The predicted octanol–water partition coefficient (Wildman–Crippen LogP) is 3.01. The molecule has 0 amide bonds. The first-order valence-corrected chi connectivity index (χ1v) is 6.67. The molecule has 0 fully saturated rings. The average molecular weight is 263 g/mol. The second kappa shape index (κ2) is 4.23. The summed E-state index contributed by atoms with van der Waals surface area (Å²) in [5.41, 5.74) is 2.66. The summed E-state index contributed by atoms with van der Waals surface area (Å²) in [4.78, 5) is 15.6. The van der Waals surface area contributed by atoms with E-state index in [0.29, 0.717) is 5.75 Å². The van der Waals surface area contributed by atoms with Crippen molar-refractivity contribution in [3.63, 3.8) is 0 Å². The zero-order chi connectivity index (χ0) is 13.5. The van der Waals surface area contributed by atoms with Crippen molar-refractivity contribution in [1.82, 2.24) is 4.98 Å². The fraction of sp³-hybridized carbons (Fsp3) is 0.118. The number of ether oxygens (including phenoxy) is 1. The summed E-state index contributed by atoms with van der Waals surface area (Å²) in [7, 11) is 0. The number of benzene rings is 1. The normalized spacial score (nSPS) is 22.2. The maximum absolute atomic E-state index is 12.3. The molecule has 0 spiro atoms. The largest absolute Gasteiger partial charge is 0.479 e. The van der Waals surface area contributed by atoms with Gasteiger partial charge in [0.15, 0.2) is 5.75 Å². The molecule has 2 aliphatic rings. The van der Waals surface area contributed by atoms with Gasteiger partial charge in [-0.3, -0.25) is 4.79 Å². The van der Waals surface area contributed by atoms with E-state index in [9.17, 15) is 4.79 Å². The van der Waals surface area contributed by atoms with Crippen molar-refractivity contribution >= 4 is 0 Å². The number of aromatic amines is 1. The van der Waals surface area contributed by atoms with Crippen molar-refractivity contribution in [3.8, 4) is 17.0 Å². The molecule has 3 heteroatoms. The minimum absolute atomic E-state index is 0.0613. The second-order valence-electron chi connectivity index (χ2n) is 5.03. The lowest BCUT2D eigenvalue weighted by Crippen LogP contribution is -2.16. The Morgan fingerprint density at radius 3 is 2.70 bits per heavy atom. The molecule has 98 valence electrons. The fourth-order valence-electron chi connectivity index (χ4n) is 2.79. The van der Waals surface area contributed by atoms with E-state index in [2.05, 4.69) is 11.1 Å². The fourth-order valence-corrected chi connectivity index (χ4v) is 2.79. The third kappa shape index (κ3) is 1.63. The van der Waals surface area contributed by atoms with Gasteiger partial charge in [-0.1, -0.05) is 48.6 Å². The van der Waals surface area contributed by atoms with Crippen LogP contribution in [0.4, 0.5) is 0 Å². The molecular weight excluding hydrogens is 250 g/mol. The van der Waals surface area contributed by atoms with Crippen LogP contribution in [0.25, 0.3) is 11.3 Å². The van der Waals surface area contributed by atoms with E-state index >= 15 is 0 Å². The standard InChI is InChI=1S/C17H13NO2/c19-14-10-13(11-6-2-1-3-7-11)18-16-12-8-4-5-9-15(12)20-17(14)16/h1-10,12,15H,(H,18,19). The van der Waals surface area contributed by atoms with Crippen LogP contribution in [0.5, 0.6) is 5.75 Å². The van der Waals surface area contributed by atoms with Crippen molar-refractivity contribution < 1.29 is 4.74 Å². The number of allylic oxidation sites excluding steroid dienone is 2. The summed E-state index contributed by atoms with van der Waals surface area (Å²) in [6.07, 6.45) is 7.94. The number of rotatable bonds is 1. The molecule has 2 atom stereocenters. The van der Waals surface area contributed by atoms with Crippen molar-refractivity contribution in [1.29, 1.82) is 0 Å². The van der Waals surface area contributed by atoms with Crippen LogP contribution in [0.1, 0.15) is 11.6 Å². The second-order valence-corrected chi connectivity index (χ2v) is 5.03. The molecule has 0 bridgehead atoms. The first-order valence-electron chi connectivity index (χ1n) is 6.67. The summed E-state index contributed by atoms with van der Waals surface area (Å²) in [6, 6.07) is 11.5. The van der Waals surface area contributed by atoms with Crippen molar-refractivity contribution in [2.45, 2.75) is 12.0 Å². The molecule has 0 saturated heterocycles. The molecule has 1 aromatic heterocycles. The summed E-state index contributed by atoms with van der Waals surface area (Å²) < 4.78 is 5.75. The summed E-state index contributed by atoms with van der Waals surface area (Å²) in [5.74, 6) is 0.558. The number of aromatic nitrogens is 1. The van der Waals surface area contributed by atoms with Gasteiger partial charge < -0.3 is 9.72 Å². The first-order chi connectivity index (χ1) is 9.83. The Kier molecular flexibility index (Phi) is 2.39. The van der Waals surface area contributed by atoms with E-state index in [1.807, 2.05) is 48.6 Å².